The second-order valence-electron chi connectivity index (χ2n) is 4.22. The summed E-state index contributed by atoms with van der Waals surface area (Å²) in [4.78, 5) is 6.45. The quantitative estimate of drug-likeness (QED) is 0.227. The van der Waals surface area contributed by atoms with Gasteiger partial charge in [0.15, 0.2) is 5.84 Å². The summed E-state index contributed by atoms with van der Waals surface area (Å²) in [5.41, 5.74) is 6.09. The van der Waals surface area contributed by atoms with Crippen molar-refractivity contribution in [1.82, 2.24) is 4.98 Å². The fraction of sp³-hybridized carbons (Fsp3) is 0.538. The molecule has 1 aromatic heterocycles. The summed E-state index contributed by atoms with van der Waals surface area (Å²) < 4.78 is 10.2. The van der Waals surface area contributed by atoms with Gasteiger partial charge in [0.25, 0.3) is 0 Å². The molecule has 0 amide bonds. The van der Waals surface area contributed by atoms with Gasteiger partial charge in [0.2, 0.25) is 0 Å². The van der Waals surface area contributed by atoms with Crippen LogP contribution in [0.1, 0.15) is 12.0 Å². The van der Waals surface area contributed by atoms with E-state index in [0.29, 0.717) is 18.8 Å². The van der Waals surface area contributed by atoms with Crippen molar-refractivity contribution >= 4 is 11.7 Å². The molecule has 7 nitrogen and oxygen atoms in total. The number of pyridine rings is 1. The number of anilines is 1. The van der Waals surface area contributed by atoms with Crippen LogP contribution in [-0.4, -0.2) is 56.5 Å². The first-order valence-electron chi connectivity index (χ1n) is 6.39. The molecule has 0 fully saturated rings. The third-order valence-electron chi connectivity index (χ3n) is 2.82. The minimum Gasteiger partial charge on any atom is -0.409 e. The number of aromatic nitrogens is 1. The van der Waals surface area contributed by atoms with E-state index in [1.807, 2.05) is 6.07 Å². The highest BCUT2D eigenvalue weighted by atomic mass is 16.5. The molecule has 0 radical (unpaired) electrons. The largest absolute Gasteiger partial charge is 0.409 e. The average Bonchev–Trinajstić information content (AvgIpc) is 2.50. The van der Waals surface area contributed by atoms with E-state index in [9.17, 15) is 0 Å². The zero-order valence-corrected chi connectivity index (χ0v) is 12.0. The Hall–Kier alpha value is -1.86. The van der Waals surface area contributed by atoms with Gasteiger partial charge < -0.3 is 25.3 Å². The van der Waals surface area contributed by atoms with E-state index in [1.54, 1.807) is 26.5 Å². The summed E-state index contributed by atoms with van der Waals surface area (Å²) >= 11 is 0. The number of oxime groups is 1. The Morgan fingerprint density at radius 1 is 1.30 bits per heavy atom. The molecule has 1 aromatic rings. The van der Waals surface area contributed by atoms with Crippen LogP contribution in [0, 0.1) is 0 Å². The van der Waals surface area contributed by atoms with Gasteiger partial charge in [0.05, 0.1) is 6.61 Å². The summed E-state index contributed by atoms with van der Waals surface area (Å²) in [5, 5.41) is 11.6. The highest BCUT2D eigenvalue weighted by Gasteiger charge is 2.08. The van der Waals surface area contributed by atoms with Crippen LogP contribution in [0.5, 0.6) is 0 Å². The van der Waals surface area contributed by atoms with E-state index in [-0.39, 0.29) is 5.84 Å². The number of amidine groups is 1. The topological polar surface area (TPSA) is 93.2 Å². The second kappa shape index (κ2) is 9.11. The van der Waals surface area contributed by atoms with Gasteiger partial charge >= 0.3 is 0 Å². The van der Waals surface area contributed by atoms with Gasteiger partial charge in [-0.1, -0.05) is 5.16 Å². The Morgan fingerprint density at radius 2 is 2.05 bits per heavy atom. The van der Waals surface area contributed by atoms with Crippen LogP contribution in [0.15, 0.2) is 23.5 Å². The molecule has 1 heterocycles. The minimum absolute atomic E-state index is 0.0480. The Labute approximate surface area is 119 Å². The molecule has 0 aromatic carbocycles. The molecule has 3 N–H and O–H groups in total. The van der Waals surface area contributed by atoms with Gasteiger partial charge in [-0.3, -0.25) is 0 Å². The van der Waals surface area contributed by atoms with E-state index in [0.717, 1.165) is 25.3 Å². The average molecular weight is 282 g/mol. The van der Waals surface area contributed by atoms with Crippen LogP contribution < -0.4 is 10.6 Å². The molecule has 7 heteroatoms. The summed E-state index contributed by atoms with van der Waals surface area (Å²) in [6.07, 6.45) is 2.49. The first kappa shape index (κ1) is 16.2. The third-order valence-corrected chi connectivity index (χ3v) is 2.82. The fourth-order valence-electron chi connectivity index (χ4n) is 1.72. The molecular weight excluding hydrogens is 260 g/mol. The van der Waals surface area contributed by atoms with Crippen LogP contribution in [0.25, 0.3) is 0 Å². The molecule has 1 rings (SSSR count). The van der Waals surface area contributed by atoms with Crippen molar-refractivity contribution < 1.29 is 14.7 Å². The molecule has 0 spiro atoms. The Morgan fingerprint density at radius 3 is 2.60 bits per heavy atom. The first-order chi connectivity index (χ1) is 9.72. The van der Waals surface area contributed by atoms with E-state index in [2.05, 4.69) is 15.0 Å². The minimum atomic E-state index is 0.0480. The number of methoxy groups -OCH3 is 2. The van der Waals surface area contributed by atoms with E-state index < -0.39 is 0 Å². The molecule has 0 aliphatic rings. The van der Waals surface area contributed by atoms with Crippen LogP contribution in [0.4, 0.5) is 5.82 Å². The van der Waals surface area contributed by atoms with E-state index in [1.165, 1.54) is 0 Å². The van der Waals surface area contributed by atoms with E-state index in [4.69, 9.17) is 20.4 Å². The number of nitrogens with zero attached hydrogens (tertiary/aromatic N) is 3. The van der Waals surface area contributed by atoms with Gasteiger partial charge in [-0.25, -0.2) is 4.98 Å². The van der Waals surface area contributed by atoms with Crippen molar-refractivity contribution in [2.24, 2.45) is 10.9 Å². The van der Waals surface area contributed by atoms with Crippen molar-refractivity contribution in [3.05, 3.63) is 23.9 Å². The van der Waals surface area contributed by atoms with Crippen LogP contribution in [0.2, 0.25) is 0 Å². The molecule has 20 heavy (non-hydrogen) atoms. The van der Waals surface area contributed by atoms with Crippen LogP contribution in [-0.2, 0) is 9.47 Å². The van der Waals surface area contributed by atoms with Gasteiger partial charge in [0.1, 0.15) is 5.82 Å². The SMILES string of the molecule is COCCCN(CCOC)c1ccc(C(N)=NO)cn1. The molecular formula is C13H22N4O3. The van der Waals surface area contributed by atoms with Gasteiger partial charge in [-0.15, -0.1) is 0 Å². The zero-order valence-electron chi connectivity index (χ0n) is 12.0. The van der Waals surface area contributed by atoms with Crippen LogP contribution in [0.3, 0.4) is 0 Å². The summed E-state index contributed by atoms with van der Waals surface area (Å²) in [7, 11) is 3.35. The van der Waals surface area contributed by atoms with Crippen molar-refractivity contribution in [3.8, 4) is 0 Å². The summed E-state index contributed by atoms with van der Waals surface area (Å²) in [5.74, 6) is 0.875. The van der Waals surface area contributed by atoms with Crippen molar-refractivity contribution in [2.75, 3.05) is 45.4 Å². The molecule has 0 aliphatic carbocycles. The molecule has 0 unspecified atom stereocenters. The lowest BCUT2D eigenvalue weighted by molar-refractivity contribution is 0.191. The smallest absolute Gasteiger partial charge is 0.171 e. The second-order valence-corrected chi connectivity index (χ2v) is 4.22. The Balaban J connectivity index is 2.73. The lowest BCUT2D eigenvalue weighted by atomic mass is 10.2. The fourth-order valence-corrected chi connectivity index (χ4v) is 1.72. The lowest BCUT2D eigenvalue weighted by Gasteiger charge is -2.23. The number of ether oxygens (including phenoxy) is 2. The molecule has 112 valence electrons. The third kappa shape index (κ3) is 5.02. The zero-order chi connectivity index (χ0) is 14.8. The normalized spacial score (nSPS) is 11.6. The standard InChI is InChI=1S/C13H22N4O3/c1-19-8-3-6-17(7-9-20-2)12-5-4-11(10-15-12)13(14)16-18/h4-5,10,18H,3,6-9H2,1-2H3,(H2,14,16). The molecule has 0 aliphatic heterocycles. The van der Waals surface area contributed by atoms with Crippen molar-refractivity contribution in [1.29, 1.82) is 0 Å². The van der Waals surface area contributed by atoms with Crippen molar-refractivity contribution in [2.45, 2.75) is 6.42 Å². The number of rotatable bonds is 9. The number of hydrogen-bond acceptors (Lipinski definition) is 6. The number of nitrogens with two attached hydrogens (primary N) is 1. The van der Waals surface area contributed by atoms with E-state index >= 15 is 0 Å². The molecule has 0 bridgehead atoms. The highest BCUT2D eigenvalue weighted by Crippen LogP contribution is 2.12. The van der Waals surface area contributed by atoms with Crippen molar-refractivity contribution in [3.63, 3.8) is 0 Å². The maximum atomic E-state index is 8.62. The summed E-state index contributed by atoms with van der Waals surface area (Å²) in [6.45, 7) is 2.89. The van der Waals surface area contributed by atoms with Gasteiger partial charge in [-0.05, 0) is 18.6 Å². The predicted octanol–water partition coefficient (Wildman–Crippen LogP) is 0.665. The molecule has 0 saturated heterocycles. The van der Waals surface area contributed by atoms with Gasteiger partial charge in [-0.2, -0.15) is 0 Å². The maximum absolute atomic E-state index is 8.62. The Kier molecular flexibility index (Phi) is 7.38. The highest BCUT2D eigenvalue weighted by molar-refractivity contribution is 5.96. The van der Waals surface area contributed by atoms with Crippen LogP contribution >= 0.6 is 0 Å². The van der Waals surface area contributed by atoms with Gasteiger partial charge in [0, 0.05) is 45.7 Å². The Bertz CT molecular complexity index is 409. The monoisotopic (exact) mass is 282 g/mol. The maximum Gasteiger partial charge on any atom is 0.171 e. The predicted molar refractivity (Wildman–Crippen MR) is 77.3 cm³/mol. The lowest BCUT2D eigenvalue weighted by Crippen LogP contribution is -2.30. The molecule has 0 saturated carbocycles. The number of hydrogen-bond donors (Lipinski definition) is 2. The first-order valence-corrected chi connectivity index (χ1v) is 6.39. The molecule has 0 atom stereocenters. The summed E-state index contributed by atoms with van der Waals surface area (Å²) in [6, 6.07) is 3.61.